The standard InChI is InChI=1S/C14H12N4S/c1-10(11-6-8-15-9-7-11)17-18-14-16-12-4-2-3-5-13(12)19-14/h2-9H,1H3,(H,16,18)/b17-10+. The molecule has 5 heteroatoms. The average Bonchev–Trinajstić information content (AvgIpc) is 2.88. The molecular formula is C14H12N4S. The Labute approximate surface area is 114 Å². The summed E-state index contributed by atoms with van der Waals surface area (Å²) in [6, 6.07) is 11.9. The van der Waals surface area contributed by atoms with E-state index in [4.69, 9.17) is 0 Å². The van der Waals surface area contributed by atoms with Gasteiger partial charge in [-0.25, -0.2) is 4.98 Å². The Hall–Kier alpha value is -2.27. The van der Waals surface area contributed by atoms with E-state index in [-0.39, 0.29) is 0 Å². The molecule has 0 fully saturated rings. The fourth-order valence-electron chi connectivity index (χ4n) is 1.71. The first kappa shape index (κ1) is 11.8. The number of nitrogens with one attached hydrogen (secondary N) is 1. The number of hydrazone groups is 1. The number of nitrogens with zero attached hydrogens (tertiary/aromatic N) is 3. The van der Waals surface area contributed by atoms with Crippen LogP contribution in [0.15, 0.2) is 53.9 Å². The lowest BCUT2D eigenvalue weighted by Gasteiger charge is -1.99. The topological polar surface area (TPSA) is 50.2 Å². The summed E-state index contributed by atoms with van der Waals surface area (Å²) in [6.07, 6.45) is 3.51. The van der Waals surface area contributed by atoms with E-state index in [1.165, 1.54) is 0 Å². The summed E-state index contributed by atoms with van der Waals surface area (Å²) >= 11 is 1.59. The second-order valence-electron chi connectivity index (χ2n) is 4.03. The number of para-hydroxylation sites is 1. The van der Waals surface area contributed by atoms with Gasteiger partial charge >= 0.3 is 0 Å². The monoisotopic (exact) mass is 268 g/mol. The third kappa shape index (κ3) is 2.61. The second-order valence-corrected chi connectivity index (χ2v) is 5.06. The predicted molar refractivity (Wildman–Crippen MR) is 79.7 cm³/mol. The van der Waals surface area contributed by atoms with Crippen LogP contribution in [0, 0.1) is 0 Å². The minimum absolute atomic E-state index is 0.801. The van der Waals surface area contributed by atoms with Gasteiger partial charge in [0.25, 0.3) is 0 Å². The predicted octanol–water partition coefficient (Wildman–Crippen LogP) is 3.53. The van der Waals surface area contributed by atoms with E-state index in [2.05, 4.69) is 26.6 Å². The smallest absolute Gasteiger partial charge is 0.204 e. The molecule has 0 atom stereocenters. The van der Waals surface area contributed by atoms with Crippen molar-refractivity contribution in [2.45, 2.75) is 6.92 Å². The van der Waals surface area contributed by atoms with Gasteiger partial charge in [0.2, 0.25) is 5.13 Å². The molecule has 94 valence electrons. The van der Waals surface area contributed by atoms with Gasteiger partial charge < -0.3 is 0 Å². The molecule has 3 rings (SSSR count). The highest BCUT2D eigenvalue weighted by molar-refractivity contribution is 7.22. The van der Waals surface area contributed by atoms with Crippen molar-refractivity contribution in [3.05, 3.63) is 54.4 Å². The van der Waals surface area contributed by atoms with Gasteiger partial charge in [0.1, 0.15) is 0 Å². The van der Waals surface area contributed by atoms with Crippen molar-refractivity contribution in [1.29, 1.82) is 0 Å². The van der Waals surface area contributed by atoms with Crippen molar-refractivity contribution in [3.63, 3.8) is 0 Å². The summed E-state index contributed by atoms with van der Waals surface area (Å²) in [5, 5.41) is 5.15. The van der Waals surface area contributed by atoms with Crippen molar-refractivity contribution in [3.8, 4) is 0 Å². The molecular weight excluding hydrogens is 256 g/mol. The Morgan fingerprint density at radius 2 is 1.95 bits per heavy atom. The maximum Gasteiger partial charge on any atom is 0.204 e. The number of hydrogen-bond acceptors (Lipinski definition) is 5. The van der Waals surface area contributed by atoms with E-state index in [1.807, 2.05) is 37.3 Å². The largest absolute Gasteiger partial charge is 0.265 e. The molecule has 0 saturated carbocycles. The number of benzene rings is 1. The molecule has 0 saturated heterocycles. The number of fused-ring (bicyclic) bond motifs is 1. The normalized spacial score (nSPS) is 11.7. The van der Waals surface area contributed by atoms with Crippen LogP contribution in [0.1, 0.15) is 12.5 Å². The SMILES string of the molecule is C/C(=N\Nc1nc2ccccc2s1)c1ccncc1. The minimum atomic E-state index is 0.801. The van der Waals surface area contributed by atoms with E-state index >= 15 is 0 Å². The molecule has 4 nitrogen and oxygen atoms in total. The van der Waals surface area contributed by atoms with E-state index < -0.39 is 0 Å². The molecule has 1 aromatic carbocycles. The van der Waals surface area contributed by atoms with E-state index in [1.54, 1.807) is 23.7 Å². The number of rotatable bonds is 3. The Morgan fingerprint density at radius 1 is 1.16 bits per heavy atom. The first-order valence-corrected chi connectivity index (χ1v) is 6.71. The van der Waals surface area contributed by atoms with Crippen LogP contribution in [0.5, 0.6) is 0 Å². The molecule has 0 bridgehead atoms. The first-order valence-electron chi connectivity index (χ1n) is 5.89. The van der Waals surface area contributed by atoms with E-state index in [0.717, 1.165) is 26.6 Å². The van der Waals surface area contributed by atoms with Gasteiger partial charge in [0.15, 0.2) is 0 Å². The van der Waals surface area contributed by atoms with Crippen LogP contribution < -0.4 is 5.43 Å². The lowest BCUT2D eigenvalue weighted by atomic mass is 10.2. The molecule has 2 aromatic heterocycles. The summed E-state index contributed by atoms with van der Waals surface area (Å²) < 4.78 is 1.15. The second kappa shape index (κ2) is 5.16. The van der Waals surface area contributed by atoms with Crippen molar-refractivity contribution in [2.75, 3.05) is 5.43 Å². The highest BCUT2D eigenvalue weighted by Crippen LogP contribution is 2.25. The summed E-state index contributed by atoms with van der Waals surface area (Å²) in [7, 11) is 0. The molecule has 0 aliphatic rings. The molecule has 19 heavy (non-hydrogen) atoms. The van der Waals surface area contributed by atoms with Crippen molar-refractivity contribution >= 4 is 32.4 Å². The number of anilines is 1. The molecule has 0 aliphatic carbocycles. The fraction of sp³-hybridized carbons (Fsp3) is 0.0714. The van der Waals surface area contributed by atoms with E-state index in [9.17, 15) is 0 Å². The van der Waals surface area contributed by atoms with Gasteiger partial charge in [-0.1, -0.05) is 23.5 Å². The van der Waals surface area contributed by atoms with Gasteiger partial charge in [-0.05, 0) is 31.2 Å². The van der Waals surface area contributed by atoms with Gasteiger partial charge in [-0.15, -0.1) is 0 Å². The van der Waals surface area contributed by atoms with Gasteiger partial charge in [0.05, 0.1) is 15.9 Å². The fourth-order valence-corrected chi connectivity index (χ4v) is 2.52. The third-order valence-corrected chi connectivity index (χ3v) is 3.65. The highest BCUT2D eigenvalue weighted by Gasteiger charge is 2.02. The Kier molecular flexibility index (Phi) is 3.20. The zero-order valence-electron chi connectivity index (χ0n) is 10.4. The Bertz CT molecular complexity index is 685. The van der Waals surface area contributed by atoms with Crippen molar-refractivity contribution in [2.24, 2.45) is 5.10 Å². The van der Waals surface area contributed by atoms with Crippen LogP contribution in [0.2, 0.25) is 0 Å². The molecule has 3 aromatic rings. The number of aromatic nitrogens is 2. The van der Waals surface area contributed by atoms with Crippen LogP contribution in [-0.4, -0.2) is 15.7 Å². The van der Waals surface area contributed by atoms with Crippen LogP contribution in [0.3, 0.4) is 0 Å². The summed E-state index contributed by atoms with van der Waals surface area (Å²) in [5.41, 5.74) is 5.95. The lowest BCUT2D eigenvalue weighted by molar-refractivity contribution is 1.27. The van der Waals surface area contributed by atoms with Gasteiger partial charge in [-0.2, -0.15) is 5.10 Å². The highest BCUT2D eigenvalue weighted by atomic mass is 32.1. The quantitative estimate of drug-likeness (QED) is 0.584. The molecule has 0 aliphatic heterocycles. The maximum atomic E-state index is 4.47. The summed E-state index contributed by atoms with van der Waals surface area (Å²) in [5.74, 6) is 0. The lowest BCUT2D eigenvalue weighted by Crippen LogP contribution is -1.99. The first-order chi connectivity index (χ1) is 9.33. The third-order valence-electron chi connectivity index (χ3n) is 2.71. The van der Waals surface area contributed by atoms with Crippen LogP contribution in [0.4, 0.5) is 5.13 Å². The van der Waals surface area contributed by atoms with Crippen LogP contribution in [-0.2, 0) is 0 Å². The average molecular weight is 268 g/mol. The number of thiazole rings is 1. The zero-order valence-corrected chi connectivity index (χ0v) is 11.2. The molecule has 1 N–H and O–H groups in total. The zero-order chi connectivity index (χ0) is 13.1. The van der Waals surface area contributed by atoms with Crippen LogP contribution in [0.25, 0.3) is 10.2 Å². The molecule has 0 radical (unpaired) electrons. The Morgan fingerprint density at radius 3 is 2.74 bits per heavy atom. The number of hydrogen-bond donors (Lipinski definition) is 1. The number of pyridine rings is 1. The maximum absolute atomic E-state index is 4.47. The van der Waals surface area contributed by atoms with Crippen molar-refractivity contribution < 1.29 is 0 Å². The van der Waals surface area contributed by atoms with Gasteiger partial charge in [0, 0.05) is 18.0 Å². The Balaban J connectivity index is 1.82. The summed E-state index contributed by atoms with van der Waals surface area (Å²) in [4.78, 5) is 8.46. The van der Waals surface area contributed by atoms with Crippen molar-refractivity contribution in [1.82, 2.24) is 9.97 Å². The molecule has 2 heterocycles. The molecule has 0 amide bonds. The minimum Gasteiger partial charge on any atom is -0.265 e. The molecule has 0 unspecified atom stereocenters. The van der Waals surface area contributed by atoms with E-state index in [0.29, 0.717) is 0 Å². The van der Waals surface area contributed by atoms with Crippen LogP contribution >= 0.6 is 11.3 Å². The van der Waals surface area contributed by atoms with Gasteiger partial charge in [-0.3, -0.25) is 10.4 Å². The molecule has 0 spiro atoms. The summed E-state index contributed by atoms with van der Waals surface area (Å²) in [6.45, 7) is 1.95.